The van der Waals surface area contributed by atoms with Crippen LogP contribution in [-0.4, -0.2) is 16.5 Å². The average Bonchev–Trinajstić information content (AvgIpc) is 2.19. The molecule has 0 amide bonds. The molecule has 0 aliphatic heterocycles. The molecule has 1 aromatic rings. The van der Waals surface area contributed by atoms with E-state index in [1.807, 2.05) is 20.8 Å². The molecule has 0 unspecified atom stereocenters. The van der Waals surface area contributed by atoms with E-state index < -0.39 is 0 Å². The zero-order valence-corrected chi connectivity index (χ0v) is 13.3. The zero-order chi connectivity index (χ0) is 13.9. The molecule has 0 N–H and O–H groups in total. The second kappa shape index (κ2) is 6.38. The molecule has 1 aromatic carbocycles. The summed E-state index contributed by atoms with van der Waals surface area (Å²) in [5.74, 6) is 0.00184. The molecule has 0 radical (unpaired) electrons. The summed E-state index contributed by atoms with van der Waals surface area (Å²) < 4.78 is 5.14. The van der Waals surface area contributed by atoms with Crippen molar-refractivity contribution in [3.63, 3.8) is 0 Å². The quantitative estimate of drug-likeness (QED) is 0.572. The Morgan fingerprint density at radius 2 is 1.72 bits per heavy atom. The first-order chi connectivity index (χ1) is 8.19. The Morgan fingerprint density at radius 1 is 1.22 bits per heavy atom. The molecule has 1 rings (SSSR count). The summed E-state index contributed by atoms with van der Waals surface area (Å²) in [6, 6.07) is 2.96. The fourth-order valence-corrected chi connectivity index (χ4v) is 2.55. The number of carbonyl (C=O) groups is 1. The Hall–Kier alpha value is -0.0900. The summed E-state index contributed by atoms with van der Waals surface area (Å²) in [5, 5.41) is 0.845. The van der Waals surface area contributed by atoms with Crippen molar-refractivity contribution in [3.05, 3.63) is 27.2 Å². The second-order valence-corrected chi connectivity index (χ2v) is 7.63. The fraction of sp³-hybridized carbons (Fsp3) is 0.417. The van der Waals surface area contributed by atoms with Gasteiger partial charge in [0.15, 0.2) is 5.75 Å². The van der Waals surface area contributed by atoms with Crippen molar-refractivity contribution in [2.75, 3.05) is 5.75 Å². The molecule has 0 fully saturated rings. The predicted molar refractivity (Wildman–Crippen MR) is 79.3 cm³/mol. The first-order valence-corrected chi connectivity index (χ1v) is 7.30. The molecule has 0 atom stereocenters. The van der Waals surface area contributed by atoms with Crippen molar-refractivity contribution < 1.29 is 9.53 Å². The Kier molecular flexibility index (Phi) is 5.66. The largest absolute Gasteiger partial charge is 0.423 e. The molecular weight excluding hydrogens is 315 g/mol. The highest BCUT2D eigenvalue weighted by Crippen LogP contribution is 2.36. The lowest BCUT2D eigenvalue weighted by atomic mass is 10.3. The summed E-state index contributed by atoms with van der Waals surface area (Å²) in [7, 11) is 0. The lowest BCUT2D eigenvalue weighted by Crippen LogP contribution is -2.17. The molecule has 0 aromatic heterocycles. The number of halogens is 3. The van der Waals surface area contributed by atoms with Gasteiger partial charge < -0.3 is 4.74 Å². The average molecular weight is 328 g/mol. The Morgan fingerprint density at radius 3 is 2.17 bits per heavy atom. The van der Waals surface area contributed by atoms with Gasteiger partial charge in [-0.3, -0.25) is 4.79 Å². The standard InChI is InChI=1S/C12H13Cl3O2S/c1-12(2,3)18-6-10(16)17-11-8(14)4-7(13)5-9(11)15/h4-5H,6H2,1-3H3. The Bertz CT molecular complexity index is 432. The van der Waals surface area contributed by atoms with Gasteiger partial charge in [0, 0.05) is 9.77 Å². The molecule has 0 bridgehead atoms. The molecule has 0 spiro atoms. The molecule has 0 aliphatic rings. The van der Waals surface area contributed by atoms with Gasteiger partial charge in [-0.05, 0) is 12.1 Å². The van der Waals surface area contributed by atoms with E-state index in [4.69, 9.17) is 39.5 Å². The number of rotatable bonds is 3. The van der Waals surface area contributed by atoms with E-state index in [2.05, 4.69) is 0 Å². The summed E-state index contributed by atoms with van der Waals surface area (Å²) >= 11 is 19.1. The zero-order valence-electron chi connectivity index (χ0n) is 10.2. The number of benzene rings is 1. The first-order valence-electron chi connectivity index (χ1n) is 5.18. The SMILES string of the molecule is CC(C)(C)SCC(=O)Oc1c(Cl)cc(Cl)cc1Cl. The fourth-order valence-electron chi connectivity index (χ4n) is 1.05. The molecule has 0 saturated carbocycles. The summed E-state index contributed by atoms with van der Waals surface area (Å²) in [5.41, 5.74) is 0. The maximum Gasteiger partial charge on any atom is 0.321 e. The van der Waals surface area contributed by atoms with Gasteiger partial charge in [-0.15, -0.1) is 11.8 Å². The molecule has 0 saturated heterocycles. The number of ether oxygens (including phenoxy) is 1. The smallest absolute Gasteiger partial charge is 0.321 e. The van der Waals surface area contributed by atoms with Crippen LogP contribution in [0.25, 0.3) is 0 Å². The number of hydrogen-bond donors (Lipinski definition) is 0. The summed E-state index contributed by atoms with van der Waals surface area (Å²) in [6.45, 7) is 6.06. The van der Waals surface area contributed by atoms with E-state index in [0.717, 1.165) is 0 Å². The van der Waals surface area contributed by atoms with E-state index in [1.165, 1.54) is 23.9 Å². The monoisotopic (exact) mass is 326 g/mol. The normalized spacial score (nSPS) is 11.4. The van der Waals surface area contributed by atoms with Crippen LogP contribution in [0.2, 0.25) is 15.1 Å². The highest BCUT2D eigenvalue weighted by Gasteiger charge is 2.17. The van der Waals surface area contributed by atoms with Gasteiger partial charge in [-0.25, -0.2) is 0 Å². The lowest BCUT2D eigenvalue weighted by Gasteiger charge is -2.17. The predicted octanol–water partition coefficient (Wildman–Crippen LogP) is 5.08. The van der Waals surface area contributed by atoms with Gasteiger partial charge >= 0.3 is 5.97 Å². The van der Waals surface area contributed by atoms with Crippen molar-refractivity contribution in [2.45, 2.75) is 25.5 Å². The van der Waals surface area contributed by atoms with Crippen LogP contribution in [0, 0.1) is 0 Å². The van der Waals surface area contributed by atoms with Gasteiger partial charge in [-0.1, -0.05) is 55.6 Å². The van der Waals surface area contributed by atoms with Gasteiger partial charge in [0.2, 0.25) is 0 Å². The van der Waals surface area contributed by atoms with Gasteiger partial charge in [0.25, 0.3) is 0 Å². The van der Waals surface area contributed by atoms with Crippen molar-refractivity contribution in [2.24, 2.45) is 0 Å². The number of hydrogen-bond acceptors (Lipinski definition) is 3. The third-order valence-corrected chi connectivity index (χ3v) is 3.83. The number of carbonyl (C=O) groups excluding carboxylic acids is 1. The van der Waals surface area contributed by atoms with Crippen LogP contribution in [0.5, 0.6) is 5.75 Å². The number of esters is 1. The van der Waals surface area contributed by atoms with E-state index in [1.54, 1.807) is 0 Å². The van der Waals surface area contributed by atoms with Crippen molar-refractivity contribution in [3.8, 4) is 5.75 Å². The van der Waals surface area contributed by atoms with Gasteiger partial charge in [-0.2, -0.15) is 0 Å². The molecule has 18 heavy (non-hydrogen) atoms. The van der Waals surface area contributed by atoms with Gasteiger partial charge in [0.05, 0.1) is 15.8 Å². The molecule has 6 heteroatoms. The van der Waals surface area contributed by atoms with E-state index in [0.29, 0.717) is 5.02 Å². The van der Waals surface area contributed by atoms with Crippen LogP contribution in [0.4, 0.5) is 0 Å². The maximum atomic E-state index is 11.7. The van der Waals surface area contributed by atoms with E-state index in [-0.39, 0.29) is 32.3 Å². The minimum Gasteiger partial charge on any atom is -0.423 e. The highest BCUT2D eigenvalue weighted by atomic mass is 35.5. The van der Waals surface area contributed by atoms with Crippen LogP contribution in [0.15, 0.2) is 12.1 Å². The maximum absolute atomic E-state index is 11.7. The van der Waals surface area contributed by atoms with E-state index >= 15 is 0 Å². The van der Waals surface area contributed by atoms with Crippen molar-refractivity contribution in [1.82, 2.24) is 0 Å². The topological polar surface area (TPSA) is 26.3 Å². The van der Waals surface area contributed by atoms with Crippen molar-refractivity contribution >= 4 is 52.5 Å². The van der Waals surface area contributed by atoms with Gasteiger partial charge in [0.1, 0.15) is 0 Å². The van der Waals surface area contributed by atoms with Crippen LogP contribution in [-0.2, 0) is 4.79 Å². The molecule has 0 aliphatic carbocycles. The molecule has 100 valence electrons. The van der Waals surface area contributed by atoms with Crippen LogP contribution >= 0.6 is 46.6 Å². The summed E-state index contributed by atoms with van der Waals surface area (Å²) in [6.07, 6.45) is 0. The van der Waals surface area contributed by atoms with Crippen LogP contribution < -0.4 is 4.74 Å². The first kappa shape index (κ1) is 16.0. The third kappa shape index (κ3) is 5.27. The van der Waals surface area contributed by atoms with E-state index in [9.17, 15) is 4.79 Å². The number of thioether (sulfide) groups is 1. The van der Waals surface area contributed by atoms with Crippen LogP contribution in [0.1, 0.15) is 20.8 Å². The minimum absolute atomic E-state index is 0.00734. The second-order valence-electron chi connectivity index (χ2n) is 4.57. The lowest BCUT2D eigenvalue weighted by molar-refractivity contribution is -0.131. The Labute approximate surface area is 126 Å². The van der Waals surface area contributed by atoms with Crippen LogP contribution in [0.3, 0.4) is 0 Å². The molecule has 2 nitrogen and oxygen atoms in total. The van der Waals surface area contributed by atoms with Crippen molar-refractivity contribution in [1.29, 1.82) is 0 Å². The Balaban J connectivity index is 2.71. The summed E-state index contributed by atoms with van der Waals surface area (Å²) in [4.78, 5) is 11.7. The minimum atomic E-state index is -0.388. The highest BCUT2D eigenvalue weighted by molar-refractivity contribution is 8.01. The molecule has 0 heterocycles. The molecular formula is C12H13Cl3O2S. The third-order valence-electron chi connectivity index (χ3n) is 1.80.